The van der Waals surface area contributed by atoms with E-state index < -0.39 is 5.97 Å². The molecule has 0 spiro atoms. The minimum atomic E-state index is -0.990. The van der Waals surface area contributed by atoms with E-state index >= 15 is 0 Å². The van der Waals surface area contributed by atoms with Gasteiger partial charge in [-0.15, -0.1) is 11.3 Å². The molecule has 2 N–H and O–H groups in total. The van der Waals surface area contributed by atoms with Gasteiger partial charge in [0.1, 0.15) is 0 Å². The van der Waals surface area contributed by atoms with E-state index in [0.29, 0.717) is 4.88 Å². The third-order valence-corrected chi connectivity index (χ3v) is 4.08. The fraction of sp³-hybridized carbons (Fsp3) is 0.429. The number of aryl methyl sites for hydroxylation is 1. The van der Waals surface area contributed by atoms with Crippen LogP contribution >= 0.6 is 11.3 Å². The van der Waals surface area contributed by atoms with Crippen LogP contribution in [0.15, 0.2) is 12.1 Å². The minimum absolute atomic E-state index is 0.0863. The van der Waals surface area contributed by atoms with Crippen LogP contribution < -0.4 is 5.32 Å². The normalized spacial score (nSPS) is 11.2. The Morgan fingerprint density at radius 2 is 2.05 bits per heavy atom. The summed E-state index contributed by atoms with van der Waals surface area (Å²) in [6.45, 7) is 5.94. The molecule has 1 aromatic rings. The fourth-order valence-electron chi connectivity index (χ4n) is 1.67. The Morgan fingerprint density at radius 3 is 2.58 bits per heavy atom. The molecule has 1 heterocycles. The first-order chi connectivity index (χ1) is 8.97. The first-order valence-corrected chi connectivity index (χ1v) is 7.11. The SMILES string of the molecule is CCC(CC)NC(=O)c1cc(C)c(C=CC(=O)O)s1. The van der Waals surface area contributed by atoms with E-state index in [0.717, 1.165) is 29.4 Å². The summed E-state index contributed by atoms with van der Waals surface area (Å²) in [5.41, 5.74) is 0.914. The molecule has 4 nitrogen and oxygen atoms in total. The van der Waals surface area contributed by atoms with Crippen LogP contribution in [0.5, 0.6) is 0 Å². The lowest BCUT2D eigenvalue weighted by atomic mass is 10.1. The highest BCUT2D eigenvalue weighted by molar-refractivity contribution is 7.15. The molecule has 0 saturated carbocycles. The summed E-state index contributed by atoms with van der Waals surface area (Å²) in [5, 5.41) is 11.6. The van der Waals surface area contributed by atoms with Crippen molar-refractivity contribution in [2.24, 2.45) is 0 Å². The van der Waals surface area contributed by atoms with Gasteiger partial charge < -0.3 is 10.4 Å². The number of carboxylic acid groups (broad SMARTS) is 1. The van der Waals surface area contributed by atoms with Crippen LogP contribution in [0.1, 0.15) is 46.8 Å². The minimum Gasteiger partial charge on any atom is -0.478 e. The van der Waals surface area contributed by atoms with Crippen LogP contribution in [-0.2, 0) is 4.79 Å². The highest BCUT2D eigenvalue weighted by Gasteiger charge is 2.14. The molecular formula is C14H19NO3S. The molecule has 0 aliphatic carbocycles. The number of aliphatic carboxylic acids is 1. The van der Waals surface area contributed by atoms with Gasteiger partial charge in [0.2, 0.25) is 0 Å². The maximum atomic E-state index is 12.0. The quantitative estimate of drug-likeness (QED) is 0.787. The smallest absolute Gasteiger partial charge is 0.328 e. The van der Waals surface area contributed by atoms with E-state index in [1.54, 1.807) is 6.07 Å². The molecule has 5 heteroatoms. The van der Waals surface area contributed by atoms with Crippen molar-refractivity contribution in [3.8, 4) is 0 Å². The molecule has 104 valence electrons. The van der Waals surface area contributed by atoms with Gasteiger partial charge in [-0.05, 0) is 37.5 Å². The Bertz CT molecular complexity index is 487. The van der Waals surface area contributed by atoms with Crippen LogP contribution in [0, 0.1) is 6.92 Å². The second-order valence-corrected chi connectivity index (χ2v) is 5.40. The van der Waals surface area contributed by atoms with E-state index in [2.05, 4.69) is 5.32 Å². The van der Waals surface area contributed by atoms with Gasteiger partial charge in [-0.2, -0.15) is 0 Å². The predicted molar refractivity (Wildman–Crippen MR) is 77.6 cm³/mol. The summed E-state index contributed by atoms with van der Waals surface area (Å²) < 4.78 is 0. The molecule has 0 aromatic carbocycles. The molecule has 0 aliphatic heterocycles. The average molecular weight is 281 g/mol. The number of hydrogen-bond donors (Lipinski definition) is 2. The second-order valence-electron chi connectivity index (χ2n) is 4.32. The lowest BCUT2D eigenvalue weighted by Crippen LogP contribution is -2.33. The molecule has 19 heavy (non-hydrogen) atoms. The van der Waals surface area contributed by atoms with Gasteiger partial charge in [-0.25, -0.2) is 4.79 Å². The fourth-order valence-corrected chi connectivity index (χ4v) is 2.65. The van der Waals surface area contributed by atoms with Gasteiger partial charge >= 0.3 is 5.97 Å². The highest BCUT2D eigenvalue weighted by Crippen LogP contribution is 2.23. The first kappa shape index (κ1) is 15.4. The molecule has 1 aromatic heterocycles. The maximum Gasteiger partial charge on any atom is 0.328 e. The van der Waals surface area contributed by atoms with Crippen LogP contribution in [-0.4, -0.2) is 23.0 Å². The maximum absolute atomic E-state index is 12.0. The standard InChI is InChI=1S/C14H19NO3S/c1-4-10(5-2)15-14(18)12-8-9(3)11(19-12)6-7-13(16)17/h6-8,10H,4-5H2,1-3H3,(H,15,18)(H,16,17). The van der Waals surface area contributed by atoms with E-state index in [-0.39, 0.29) is 11.9 Å². The van der Waals surface area contributed by atoms with Gasteiger partial charge in [-0.3, -0.25) is 4.79 Å². The Labute approximate surface area is 117 Å². The van der Waals surface area contributed by atoms with Crippen LogP contribution in [0.2, 0.25) is 0 Å². The monoisotopic (exact) mass is 281 g/mol. The molecule has 0 radical (unpaired) electrons. The largest absolute Gasteiger partial charge is 0.478 e. The summed E-state index contributed by atoms with van der Waals surface area (Å²) in [6, 6.07) is 1.98. The molecule has 0 fully saturated rings. The van der Waals surface area contributed by atoms with Crippen molar-refractivity contribution in [1.29, 1.82) is 0 Å². The zero-order valence-electron chi connectivity index (χ0n) is 11.4. The molecular weight excluding hydrogens is 262 g/mol. The number of amides is 1. The predicted octanol–water partition coefficient (Wildman–Crippen LogP) is 3.07. The van der Waals surface area contributed by atoms with Gasteiger partial charge in [0.15, 0.2) is 0 Å². The van der Waals surface area contributed by atoms with E-state index in [9.17, 15) is 9.59 Å². The molecule has 1 amide bonds. The lowest BCUT2D eigenvalue weighted by molar-refractivity contribution is -0.131. The number of rotatable bonds is 6. The van der Waals surface area contributed by atoms with Crippen LogP contribution in [0.4, 0.5) is 0 Å². The van der Waals surface area contributed by atoms with Crippen molar-refractivity contribution in [2.75, 3.05) is 0 Å². The second kappa shape index (κ2) is 7.09. The summed E-state index contributed by atoms with van der Waals surface area (Å²) >= 11 is 1.31. The van der Waals surface area contributed by atoms with Crippen molar-refractivity contribution in [2.45, 2.75) is 39.7 Å². The van der Waals surface area contributed by atoms with E-state index in [1.807, 2.05) is 20.8 Å². The van der Waals surface area contributed by atoms with Crippen molar-refractivity contribution in [3.63, 3.8) is 0 Å². The van der Waals surface area contributed by atoms with Gasteiger partial charge in [-0.1, -0.05) is 13.8 Å². The highest BCUT2D eigenvalue weighted by atomic mass is 32.1. The zero-order chi connectivity index (χ0) is 14.4. The first-order valence-electron chi connectivity index (χ1n) is 6.30. The van der Waals surface area contributed by atoms with E-state index in [1.165, 1.54) is 17.4 Å². The third kappa shape index (κ3) is 4.52. The van der Waals surface area contributed by atoms with Crippen molar-refractivity contribution in [3.05, 3.63) is 27.5 Å². The van der Waals surface area contributed by atoms with Crippen LogP contribution in [0.3, 0.4) is 0 Å². The van der Waals surface area contributed by atoms with Gasteiger partial charge in [0.25, 0.3) is 5.91 Å². The Morgan fingerprint density at radius 1 is 1.42 bits per heavy atom. The summed E-state index contributed by atoms with van der Waals surface area (Å²) in [6.07, 6.45) is 4.41. The topological polar surface area (TPSA) is 66.4 Å². The average Bonchev–Trinajstić information content (AvgIpc) is 2.74. The number of nitrogens with one attached hydrogen (secondary N) is 1. The summed E-state index contributed by atoms with van der Waals surface area (Å²) in [5.74, 6) is -1.08. The van der Waals surface area contributed by atoms with Gasteiger partial charge in [0.05, 0.1) is 4.88 Å². The number of thiophene rings is 1. The molecule has 0 aliphatic rings. The van der Waals surface area contributed by atoms with Crippen LogP contribution in [0.25, 0.3) is 6.08 Å². The molecule has 0 unspecified atom stereocenters. The number of carboxylic acids is 1. The third-order valence-electron chi connectivity index (χ3n) is 2.88. The number of hydrogen-bond acceptors (Lipinski definition) is 3. The summed E-state index contributed by atoms with van der Waals surface area (Å²) in [7, 11) is 0. The molecule has 0 saturated heterocycles. The zero-order valence-corrected chi connectivity index (χ0v) is 12.2. The van der Waals surface area contributed by atoms with Crippen molar-refractivity contribution in [1.82, 2.24) is 5.32 Å². The Kier molecular flexibility index (Phi) is 5.76. The van der Waals surface area contributed by atoms with E-state index in [4.69, 9.17) is 5.11 Å². The number of carbonyl (C=O) groups excluding carboxylic acids is 1. The Balaban J connectivity index is 2.82. The Hall–Kier alpha value is -1.62. The number of carbonyl (C=O) groups is 2. The molecule has 1 rings (SSSR count). The van der Waals surface area contributed by atoms with Gasteiger partial charge in [0, 0.05) is 17.0 Å². The van der Waals surface area contributed by atoms with Crippen molar-refractivity contribution >= 4 is 29.3 Å². The molecule has 0 atom stereocenters. The lowest BCUT2D eigenvalue weighted by Gasteiger charge is -2.13. The van der Waals surface area contributed by atoms with Crippen molar-refractivity contribution < 1.29 is 14.7 Å². The molecule has 0 bridgehead atoms. The summed E-state index contributed by atoms with van der Waals surface area (Å²) in [4.78, 5) is 23.9.